The fourth-order valence-electron chi connectivity index (χ4n) is 1.58. The highest BCUT2D eigenvalue weighted by molar-refractivity contribution is 7.99. The minimum atomic E-state index is -1.15. The van der Waals surface area contributed by atoms with Crippen molar-refractivity contribution < 1.29 is 14.7 Å². The predicted octanol–water partition coefficient (Wildman–Crippen LogP) is 1.07. The van der Waals surface area contributed by atoms with Crippen molar-refractivity contribution >= 4 is 24.0 Å². The monoisotopic (exact) mass is 226 g/mol. The summed E-state index contributed by atoms with van der Waals surface area (Å²) in [5.41, 5.74) is 0.00120. The van der Waals surface area contributed by atoms with E-state index in [4.69, 9.17) is 5.11 Å². The van der Waals surface area contributed by atoms with E-state index in [1.165, 1.54) is 6.20 Å². The van der Waals surface area contributed by atoms with Gasteiger partial charge in [0.05, 0.1) is 11.6 Å². The van der Waals surface area contributed by atoms with E-state index in [-0.39, 0.29) is 17.3 Å². The van der Waals surface area contributed by atoms with E-state index in [1.54, 1.807) is 4.68 Å². The highest BCUT2D eigenvalue weighted by Crippen LogP contribution is 2.27. The van der Waals surface area contributed by atoms with E-state index >= 15 is 0 Å². The van der Waals surface area contributed by atoms with Gasteiger partial charge in [0, 0.05) is 11.9 Å². The molecule has 0 aliphatic carbocycles. The van der Waals surface area contributed by atoms with Gasteiger partial charge in [0.25, 0.3) is 0 Å². The molecule has 1 aromatic heterocycles. The van der Waals surface area contributed by atoms with Crippen LogP contribution in [0.1, 0.15) is 33.3 Å². The number of aromatic nitrogens is 2. The topological polar surface area (TPSA) is 72.2 Å². The van der Waals surface area contributed by atoms with Gasteiger partial charge >= 0.3 is 5.97 Å². The van der Waals surface area contributed by atoms with Crippen molar-refractivity contribution in [3.8, 4) is 0 Å². The molecule has 0 saturated carbocycles. The van der Waals surface area contributed by atoms with Crippen molar-refractivity contribution in [1.29, 1.82) is 0 Å². The smallest absolute Gasteiger partial charge is 0.357 e. The zero-order valence-corrected chi connectivity index (χ0v) is 8.74. The third-order valence-corrected chi connectivity index (χ3v) is 3.51. The molecule has 1 aromatic rings. The number of rotatable bonds is 3. The lowest BCUT2D eigenvalue weighted by atomic mass is 10.2. The van der Waals surface area contributed by atoms with Crippen LogP contribution in [0.25, 0.3) is 0 Å². The summed E-state index contributed by atoms with van der Waals surface area (Å²) in [6.45, 7) is 0. The van der Waals surface area contributed by atoms with Crippen LogP contribution in [0.3, 0.4) is 0 Å². The Morgan fingerprint density at radius 3 is 3.00 bits per heavy atom. The van der Waals surface area contributed by atoms with Crippen molar-refractivity contribution in [3.05, 3.63) is 17.5 Å². The van der Waals surface area contributed by atoms with Gasteiger partial charge in [-0.2, -0.15) is 16.9 Å². The molecule has 1 saturated heterocycles. The largest absolute Gasteiger partial charge is 0.476 e. The second kappa shape index (κ2) is 4.06. The molecule has 1 aliphatic heterocycles. The standard InChI is InChI=1S/C9H10N2O3S/c12-4-6-3-11(7-1-2-15-5-7)10-8(6)9(13)14/h3-4,7H,1-2,5H2,(H,13,14). The van der Waals surface area contributed by atoms with Crippen LogP contribution in [0.5, 0.6) is 0 Å². The lowest BCUT2D eigenvalue weighted by molar-refractivity contribution is 0.0686. The van der Waals surface area contributed by atoms with Crippen molar-refractivity contribution in [2.45, 2.75) is 12.5 Å². The van der Waals surface area contributed by atoms with Gasteiger partial charge in [0.15, 0.2) is 12.0 Å². The van der Waals surface area contributed by atoms with E-state index < -0.39 is 5.97 Å². The average molecular weight is 226 g/mol. The van der Waals surface area contributed by atoms with Crippen LogP contribution >= 0.6 is 11.8 Å². The first-order chi connectivity index (χ1) is 7.22. The van der Waals surface area contributed by atoms with Gasteiger partial charge in [-0.05, 0) is 12.2 Å². The van der Waals surface area contributed by atoms with Gasteiger partial charge in [-0.25, -0.2) is 4.79 Å². The lowest BCUT2D eigenvalue weighted by Crippen LogP contribution is -2.09. The van der Waals surface area contributed by atoms with Gasteiger partial charge in [0.1, 0.15) is 0 Å². The van der Waals surface area contributed by atoms with Crippen molar-refractivity contribution in [2.24, 2.45) is 0 Å². The number of hydrogen-bond donors (Lipinski definition) is 1. The normalized spacial score (nSPS) is 20.4. The van der Waals surface area contributed by atoms with Crippen molar-refractivity contribution in [1.82, 2.24) is 9.78 Å². The SMILES string of the molecule is O=Cc1cn(C2CCSC2)nc1C(=O)O. The maximum Gasteiger partial charge on any atom is 0.357 e. The van der Waals surface area contributed by atoms with Gasteiger partial charge in [-0.15, -0.1) is 0 Å². The molecular weight excluding hydrogens is 216 g/mol. The molecule has 5 nitrogen and oxygen atoms in total. The van der Waals surface area contributed by atoms with Gasteiger partial charge < -0.3 is 5.11 Å². The van der Waals surface area contributed by atoms with E-state index in [9.17, 15) is 9.59 Å². The quantitative estimate of drug-likeness (QED) is 0.780. The highest BCUT2D eigenvalue weighted by Gasteiger charge is 2.22. The molecule has 2 heterocycles. The molecule has 1 unspecified atom stereocenters. The van der Waals surface area contributed by atoms with E-state index in [0.29, 0.717) is 6.29 Å². The Morgan fingerprint density at radius 2 is 2.53 bits per heavy atom. The zero-order valence-electron chi connectivity index (χ0n) is 7.92. The molecule has 0 bridgehead atoms. The number of carbonyl (C=O) groups excluding carboxylic acids is 1. The van der Waals surface area contributed by atoms with Gasteiger partial charge in [-0.1, -0.05) is 0 Å². The molecule has 1 N–H and O–H groups in total. The Hall–Kier alpha value is -1.30. The Bertz CT molecular complexity index is 396. The molecule has 0 aromatic carbocycles. The summed E-state index contributed by atoms with van der Waals surface area (Å²) in [6, 6.07) is 0.224. The molecule has 1 fully saturated rings. The number of aromatic carboxylic acids is 1. The molecule has 2 rings (SSSR count). The highest BCUT2D eigenvalue weighted by atomic mass is 32.2. The van der Waals surface area contributed by atoms with Crippen LogP contribution < -0.4 is 0 Å². The Morgan fingerprint density at radius 1 is 1.73 bits per heavy atom. The maximum atomic E-state index is 10.8. The first-order valence-corrected chi connectivity index (χ1v) is 5.73. The number of thioether (sulfide) groups is 1. The molecule has 1 atom stereocenters. The average Bonchev–Trinajstić information content (AvgIpc) is 2.86. The van der Waals surface area contributed by atoms with Gasteiger partial charge in [-0.3, -0.25) is 9.48 Å². The van der Waals surface area contributed by atoms with Crippen molar-refractivity contribution in [3.63, 3.8) is 0 Å². The molecule has 6 heteroatoms. The number of hydrogen-bond acceptors (Lipinski definition) is 4. The Kier molecular flexibility index (Phi) is 2.77. The summed E-state index contributed by atoms with van der Waals surface area (Å²) in [5.74, 6) is 0.837. The van der Waals surface area contributed by atoms with E-state index in [0.717, 1.165) is 17.9 Å². The van der Waals surface area contributed by atoms with Gasteiger partial charge in [0.2, 0.25) is 0 Å². The first kappa shape index (κ1) is 10.2. The molecule has 1 aliphatic rings. The van der Waals surface area contributed by atoms with Crippen LogP contribution in [0.4, 0.5) is 0 Å². The maximum absolute atomic E-state index is 10.8. The predicted molar refractivity (Wildman–Crippen MR) is 55.6 cm³/mol. The third kappa shape index (κ3) is 1.90. The minimum Gasteiger partial charge on any atom is -0.476 e. The van der Waals surface area contributed by atoms with E-state index in [2.05, 4.69) is 5.10 Å². The summed E-state index contributed by atoms with van der Waals surface area (Å²) in [6.07, 6.45) is 3.03. The fraction of sp³-hybridized carbons (Fsp3) is 0.444. The Labute approximate surface area is 90.5 Å². The first-order valence-electron chi connectivity index (χ1n) is 4.57. The molecule has 0 spiro atoms. The molecule has 15 heavy (non-hydrogen) atoms. The van der Waals surface area contributed by atoms with Crippen LogP contribution in [0, 0.1) is 0 Å². The summed E-state index contributed by atoms with van der Waals surface area (Å²) in [7, 11) is 0. The Balaban J connectivity index is 2.33. The summed E-state index contributed by atoms with van der Waals surface area (Å²) in [5, 5.41) is 12.7. The lowest BCUT2D eigenvalue weighted by Gasteiger charge is -2.07. The number of aldehydes is 1. The van der Waals surface area contributed by atoms with Crippen LogP contribution in [-0.2, 0) is 0 Å². The van der Waals surface area contributed by atoms with Crippen LogP contribution in [-0.4, -0.2) is 38.6 Å². The zero-order chi connectivity index (χ0) is 10.8. The van der Waals surface area contributed by atoms with Crippen LogP contribution in [0.15, 0.2) is 6.20 Å². The second-order valence-corrected chi connectivity index (χ2v) is 4.50. The number of nitrogens with zero attached hydrogens (tertiary/aromatic N) is 2. The number of carbonyl (C=O) groups is 2. The molecule has 0 radical (unpaired) electrons. The summed E-state index contributed by atoms with van der Waals surface area (Å²) < 4.78 is 1.60. The van der Waals surface area contributed by atoms with E-state index in [1.807, 2.05) is 11.8 Å². The number of carboxylic acids is 1. The summed E-state index contributed by atoms with van der Waals surface area (Å²) in [4.78, 5) is 21.4. The second-order valence-electron chi connectivity index (χ2n) is 3.35. The minimum absolute atomic E-state index is 0.151. The molecular formula is C9H10N2O3S. The van der Waals surface area contributed by atoms with Crippen molar-refractivity contribution in [2.75, 3.05) is 11.5 Å². The number of carboxylic acid groups (broad SMARTS) is 1. The molecule has 80 valence electrons. The summed E-state index contributed by atoms with van der Waals surface area (Å²) >= 11 is 1.81. The third-order valence-electron chi connectivity index (χ3n) is 2.37. The van der Waals surface area contributed by atoms with Crippen LogP contribution in [0.2, 0.25) is 0 Å². The fourth-order valence-corrected chi connectivity index (χ4v) is 2.77. The molecule has 0 amide bonds.